The van der Waals surface area contributed by atoms with E-state index < -0.39 is 11.9 Å². The molecule has 0 saturated heterocycles. The number of carboxylic acid groups (broad SMARTS) is 2. The van der Waals surface area contributed by atoms with Gasteiger partial charge in [0.05, 0.1) is 0 Å². The van der Waals surface area contributed by atoms with Crippen LogP contribution in [0.25, 0.3) is 0 Å². The number of carbonyl (C=O) groups is 3. The molecular formula is C23H43NO5. The van der Waals surface area contributed by atoms with E-state index >= 15 is 0 Å². The number of rotatable bonds is 19. The minimum Gasteiger partial charge on any atom is -0.481 e. The number of allylic oxidation sites excluding steroid dienone is 2. The van der Waals surface area contributed by atoms with Gasteiger partial charge in [0.2, 0.25) is 5.91 Å². The van der Waals surface area contributed by atoms with Gasteiger partial charge in [-0.1, -0.05) is 70.4 Å². The normalized spacial score (nSPS) is 10.5. The van der Waals surface area contributed by atoms with Crippen LogP contribution in [-0.4, -0.2) is 28.1 Å². The lowest BCUT2D eigenvalue weighted by Gasteiger charge is -1.99. The third-order valence-electron chi connectivity index (χ3n) is 4.47. The molecule has 0 aliphatic rings. The Balaban J connectivity index is 0. The standard InChI is InChI=1S/C18H35NO.C5H8O4/c1-2-3-4-5-6-7-8-9-10-11-12-13-14-15-16-17-18(19)20;6-4(7)2-1-3-5(8)9/h9-10H,2-8,11-17H2,1H3,(H2,19,20);1-3H2,(H,6,7)(H,8,9)/b10-9-;. The van der Waals surface area contributed by atoms with Gasteiger partial charge >= 0.3 is 11.9 Å². The first kappa shape index (κ1) is 29.4. The molecular weight excluding hydrogens is 370 g/mol. The summed E-state index contributed by atoms with van der Waals surface area (Å²) in [6, 6.07) is 0. The molecule has 0 fully saturated rings. The smallest absolute Gasteiger partial charge is 0.303 e. The second-order valence-corrected chi connectivity index (χ2v) is 7.44. The van der Waals surface area contributed by atoms with E-state index in [2.05, 4.69) is 19.1 Å². The molecule has 0 radical (unpaired) electrons. The Morgan fingerprint density at radius 1 is 0.621 bits per heavy atom. The highest BCUT2D eigenvalue weighted by Gasteiger charge is 1.99. The van der Waals surface area contributed by atoms with Gasteiger partial charge in [-0.2, -0.15) is 0 Å². The molecule has 0 saturated carbocycles. The summed E-state index contributed by atoms with van der Waals surface area (Å²) in [5.74, 6) is -2.06. The van der Waals surface area contributed by atoms with Crippen molar-refractivity contribution in [3.8, 4) is 0 Å². The summed E-state index contributed by atoms with van der Waals surface area (Å²) >= 11 is 0. The van der Waals surface area contributed by atoms with Gasteiger partial charge in [0.1, 0.15) is 0 Å². The van der Waals surface area contributed by atoms with Gasteiger partial charge in [-0.3, -0.25) is 14.4 Å². The molecule has 6 nitrogen and oxygen atoms in total. The number of hydrogen-bond donors (Lipinski definition) is 3. The van der Waals surface area contributed by atoms with Gasteiger partial charge in [-0.15, -0.1) is 0 Å². The SMILES string of the molecule is CCCCCCCC/C=C\CCCCCCCC(N)=O.O=C(O)CCCC(=O)O. The molecule has 6 heteroatoms. The van der Waals surface area contributed by atoms with Gasteiger partial charge < -0.3 is 15.9 Å². The highest BCUT2D eigenvalue weighted by atomic mass is 16.4. The van der Waals surface area contributed by atoms with Gasteiger partial charge in [0.15, 0.2) is 0 Å². The summed E-state index contributed by atoms with van der Waals surface area (Å²) in [6.07, 6.45) is 22.0. The van der Waals surface area contributed by atoms with Gasteiger partial charge in [-0.25, -0.2) is 0 Å². The number of amides is 1. The molecule has 0 aliphatic heterocycles. The molecule has 0 aliphatic carbocycles. The van der Waals surface area contributed by atoms with Gasteiger partial charge in [0.25, 0.3) is 0 Å². The molecule has 0 aromatic rings. The molecule has 170 valence electrons. The first-order chi connectivity index (χ1) is 13.9. The second kappa shape index (κ2) is 24.2. The summed E-state index contributed by atoms with van der Waals surface area (Å²) < 4.78 is 0. The van der Waals surface area contributed by atoms with Crippen LogP contribution in [0.5, 0.6) is 0 Å². The number of carboxylic acids is 2. The largest absolute Gasteiger partial charge is 0.481 e. The van der Waals surface area contributed by atoms with E-state index in [0.717, 1.165) is 12.8 Å². The van der Waals surface area contributed by atoms with E-state index in [1.165, 1.54) is 70.6 Å². The molecule has 0 atom stereocenters. The van der Waals surface area contributed by atoms with Crippen LogP contribution in [-0.2, 0) is 14.4 Å². The fraction of sp³-hybridized carbons (Fsp3) is 0.783. The maximum atomic E-state index is 10.5. The summed E-state index contributed by atoms with van der Waals surface area (Å²) in [5.41, 5.74) is 5.10. The zero-order valence-corrected chi connectivity index (χ0v) is 18.4. The molecule has 0 unspecified atom stereocenters. The Morgan fingerprint density at radius 3 is 1.45 bits per heavy atom. The Bertz CT molecular complexity index is 421. The van der Waals surface area contributed by atoms with E-state index in [4.69, 9.17) is 15.9 Å². The van der Waals surface area contributed by atoms with Crippen molar-refractivity contribution in [3.05, 3.63) is 12.2 Å². The Kier molecular flexibility index (Phi) is 24.5. The van der Waals surface area contributed by atoms with E-state index in [1.54, 1.807) is 0 Å². The molecule has 29 heavy (non-hydrogen) atoms. The van der Waals surface area contributed by atoms with Crippen LogP contribution < -0.4 is 5.73 Å². The van der Waals surface area contributed by atoms with Crippen molar-refractivity contribution in [2.24, 2.45) is 5.73 Å². The van der Waals surface area contributed by atoms with Crippen LogP contribution >= 0.6 is 0 Å². The zero-order valence-electron chi connectivity index (χ0n) is 18.4. The number of carbonyl (C=O) groups excluding carboxylic acids is 1. The monoisotopic (exact) mass is 413 g/mol. The molecule has 0 bridgehead atoms. The van der Waals surface area contributed by atoms with Crippen molar-refractivity contribution in [2.75, 3.05) is 0 Å². The minimum absolute atomic E-state index is 0.0632. The molecule has 0 rings (SSSR count). The topological polar surface area (TPSA) is 118 Å². The maximum Gasteiger partial charge on any atom is 0.303 e. The molecule has 4 N–H and O–H groups in total. The van der Waals surface area contributed by atoms with Gasteiger partial charge in [0, 0.05) is 19.3 Å². The van der Waals surface area contributed by atoms with Crippen LogP contribution in [0.15, 0.2) is 12.2 Å². The highest BCUT2D eigenvalue weighted by molar-refractivity contribution is 5.73. The lowest BCUT2D eigenvalue weighted by molar-refractivity contribution is -0.138. The van der Waals surface area contributed by atoms with Crippen molar-refractivity contribution >= 4 is 17.8 Å². The Morgan fingerprint density at radius 2 is 1.03 bits per heavy atom. The van der Waals surface area contributed by atoms with Crippen molar-refractivity contribution in [2.45, 2.75) is 116 Å². The first-order valence-electron chi connectivity index (χ1n) is 11.3. The van der Waals surface area contributed by atoms with Crippen LogP contribution in [0.4, 0.5) is 0 Å². The fourth-order valence-electron chi connectivity index (χ4n) is 2.76. The molecule has 0 heterocycles. The molecule has 0 spiro atoms. The molecule has 0 aromatic heterocycles. The summed E-state index contributed by atoms with van der Waals surface area (Å²) in [4.78, 5) is 30.1. The highest BCUT2D eigenvalue weighted by Crippen LogP contribution is 2.09. The lowest BCUT2D eigenvalue weighted by atomic mass is 10.1. The zero-order chi connectivity index (χ0) is 22.2. The molecule has 1 amide bonds. The maximum absolute atomic E-state index is 10.5. The van der Waals surface area contributed by atoms with Crippen molar-refractivity contribution < 1.29 is 24.6 Å². The second-order valence-electron chi connectivity index (χ2n) is 7.44. The van der Waals surface area contributed by atoms with Crippen LogP contribution in [0.2, 0.25) is 0 Å². The van der Waals surface area contributed by atoms with Crippen LogP contribution in [0.3, 0.4) is 0 Å². The van der Waals surface area contributed by atoms with Gasteiger partial charge in [-0.05, 0) is 38.5 Å². The quantitative estimate of drug-likeness (QED) is 0.182. The Labute approximate surface area is 176 Å². The van der Waals surface area contributed by atoms with E-state index in [-0.39, 0.29) is 25.2 Å². The fourth-order valence-corrected chi connectivity index (χ4v) is 2.76. The average molecular weight is 414 g/mol. The first-order valence-corrected chi connectivity index (χ1v) is 11.3. The number of hydrogen-bond acceptors (Lipinski definition) is 3. The third-order valence-corrected chi connectivity index (χ3v) is 4.47. The predicted octanol–water partition coefficient (Wildman–Crippen LogP) is 5.84. The number of nitrogens with two attached hydrogens (primary N) is 1. The van der Waals surface area contributed by atoms with Crippen LogP contribution in [0.1, 0.15) is 116 Å². The van der Waals surface area contributed by atoms with E-state index in [1.807, 2.05) is 0 Å². The lowest BCUT2D eigenvalue weighted by Crippen LogP contribution is -2.09. The van der Waals surface area contributed by atoms with Crippen molar-refractivity contribution in [1.29, 1.82) is 0 Å². The third kappa shape index (κ3) is 34.1. The summed E-state index contributed by atoms with van der Waals surface area (Å²) in [7, 11) is 0. The van der Waals surface area contributed by atoms with Crippen molar-refractivity contribution in [1.82, 2.24) is 0 Å². The minimum atomic E-state index is -0.948. The molecule has 0 aromatic carbocycles. The summed E-state index contributed by atoms with van der Waals surface area (Å²) in [6.45, 7) is 2.26. The average Bonchev–Trinajstić information content (AvgIpc) is 2.64. The summed E-state index contributed by atoms with van der Waals surface area (Å²) in [5, 5.41) is 16.1. The van der Waals surface area contributed by atoms with Crippen LogP contribution in [0, 0.1) is 0 Å². The number of aliphatic carboxylic acids is 2. The van der Waals surface area contributed by atoms with Crippen molar-refractivity contribution in [3.63, 3.8) is 0 Å². The Hall–Kier alpha value is -1.85. The van der Waals surface area contributed by atoms with E-state index in [9.17, 15) is 14.4 Å². The predicted molar refractivity (Wildman–Crippen MR) is 118 cm³/mol. The van der Waals surface area contributed by atoms with E-state index in [0.29, 0.717) is 6.42 Å². The number of unbranched alkanes of at least 4 members (excludes halogenated alkanes) is 11. The number of primary amides is 1.